The number of anilines is 1. The molecule has 1 aromatic carbocycles. The Morgan fingerprint density at radius 3 is 2.18 bits per heavy atom. The molecule has 0 amide bonds. The molecule has 0 saturated heterocycles. The lowest BCUT2D eigenvalue weighted by Gasteiger charge is -2.29. The van der Waals surface area contributed by atoms with Crippen molar-refractivity contribution in [2.24, 2.45) is 0 Å². The van der Waals surface area contributed by atoms with Gasteiger partial charge in [0.25, 0.3) is 0 Å². The van der Waals surface area contributed by atoms with E-state index < -0.39 is 5.60 Å². The van der Waals surface area contributed by atoms with Crippen molar-refractivity contribution in [3.05, 3.63) is 29.3 Å². The molecule has 2 rings (SSSR count). The Labute approximate surface area is 135 Å². The summed E-state index contributed by atoms with van der Waals surface area (Å²) in [6, 6.07) is 6.62. The minimum absolute atomic E-state index is 0.485. The lowest BCUT2D eigenvalue weighted by molar-refractivity contribution is -0.530. The topological polar surface area (TPSA) is 26.5 Å². The van der Waals surface area contributed by atoms with Crippen LogP contribution in [0.5, 0.6) is 0 Å². The van der Waals surface area contributed by atoms with E-state index in [0.29, 0.717) is 18.4 Å². The van der Waals surface area contributed by atoms with Gasteiger partial charge >= 0.3 is 0 Å². The van der Waals surface area contributed by atoms with Crippen molar-refractivity contribution in [1.82, 2.24) is 0 Å². The number of hydrogen-bond acceptors (Lipinski definition) is 2. The fraction of sp³-hybridized carbons (Fsp3) is 0.632. The smallest absolute Gasteiger partial charge is 0.131 e. The summed E-state index contributed by atoms with van der Waals surface area (Å²) < 4.78 is 2.10. The molecule has 3 nitrogen and oxygen atoms in total. The molecular weight excluding hydrogens is 272 g/mol. The molecule has 0 atom stereocenters. The maximum atomic E-state index is 10.0. The van der Waals surface area contributed by atoms with E-state index >= 15 is 0 Å². The van der Waals surface area contributed by atoms with E-state index in [-0.39, 0.29) is 0 Å². The maximum absolute atomic E-state index is 10.0. The first kappa shape index (κ1) is 17.0. The van der Waals surface area contributed by atoms with Gasteiger partial charge in [0.15, 0.2) is 0 Å². The molecule has 0 radical (unpaired) electrons. The number of nitrogens with zero attached hydrogens (tertiary/aromatic N) is 2. The van der Waals surface area contributed by atoms with E-state index in [1.807, 2.05) is 13.8 Å². The average molecular weight is 302 g/mol. The fourth-order valence-electron chi connectivity index (χ4n) is 3.06. The molecule has 0 bridgehead atoms. The van der Waals surface area contributed by atoms with Crippen molar-refractivity contribution in [1.29, 1.82) is 0 Å². The zero-order chi connectivity index (χ0) is 16.5. The third-order valence-corrected chi connectivity index (χ3v) is 4.05. The normalized spacial score (nSPS) is 15.9. The molecule has 3 heteroatoms. The second-order valence-electron chi connectivity index (χ2n) is 7.58. The molecule has 0 aliphatic carbocycles. The average Bonchev–Trinajstić information content (AvgIpc) is 2.83. The SMILES string of the molecule is CC(C)c1cccc(C(C)C)c1N1[C-]=[N+](CC(C)(C)O)CC1. The Hall–Kier alpha value is -1.35. The second-order valence-corrected chi connectivity index (χ2v) is 7.58. The molecule has 1 heterocycles. The monoisotopic (exact) mass is 302 g/mol. The number of para-hydroxylation sites is 1. The highest BCUT2D eigenvalue weighted by molar-refractivity contribution is 5.81. The highest BCUT2D eigenvalue weighted by Gasteiger charge is 2.23. The summed E-state index contributed by atoms with van der Waals surface area (Å²) in [5, 5.41) is 10.0. The van der Waals surface area contributed by atoms with Gasteiger partial charge in [-0.1, -0.05) is 57.0 Å². The van der Waals surface area contributed by atoms with Gasteiger partial charge in [0.1, 0.15) is 12.9 Å². The van der Waals surface area contributed by atoms with Crippen LogP contribution in [0.2, 0.25) is 0 Å². The van der Waals surface area contributed by atoms with Gasteiger partial charge in [0.05, 0.1) is 18.7 Å². The van der Waals surface area contributed by atoms with Crippen LogP contribution in [0.4, 0.5) is 5.69 Å². The molecule has 0 unspecified atom stereocenters. The largest absolute Gasteiger partial charge is 0.391 e. The molecule has 0 fully saturated rings. The summed E-state index contributed by atoms with van der Waals surface area (Å²) >= 11 is 0. The van der Waals surface area contributed by atoms with Crippen LogP contribution in [0.1, 0.15) is 64.5 Å². The molecular formula is C19H30N2O. The van der Waals surface area contributed by atoms with Gasteiger partial charge in [-0.05, 0) is 31.4 Å². The minimum Gasteiger partial charge on any atom is -0.391 e. The Morgan fingerprint density at radius 2 is 1.73 bits per heavy atom. The number of β-amino-alcohol motifs (C(OH)–C–C–N with tert-alkyl or cyclic N) is 1. The van der Waals surface area contributed by atoms with E-state index in [1.54, 1.807) is 0 Å². The van der Waals surface area contributed by atoms with Crippen LogP contribution in [0.3, 0.4) is 0 Å². The molecule has 1 aliphatic rings. The van der Waals surface area contributed by atoms with E-state index in [4.69, 9.17) is 0 Å². The van der Waals surface area contributed by atoms with Crippen LogP contribution in [0, 0.1) is 0 Å². The Morgan fingerprint density at radius 1 is 1.18 bits per heavy atom. The third kappa shape index (κ3) is 3.89. The predicted molar refractivity (Wildman–Crippen MR) is 93.3 cm³/mol. The summed E-state index contributed by atoms with van der Waals surface area (Å²) in [5.74, 6) is 0.970. The Kier molecular flexibility index (Phi) is 4.96. The van der Waals surface area contributed by atoms with Crippen molar-refractivity contribution in [3.63, 3.8) is 0 Å². The molecule has 0 spiro atoms. The number of aliphatic hydroxyl groups is 1. The van der Waals surface area contributed by atoms with Gasteiger partial charge in [0, 0.05) is 0 Å². The molecule has 1 N–H and O–H groups in total. The van der Waals surface area contributed by atoms with Crippen LogP contribution in [0.15, 0.2) is 18.2 Å². The highest BCUT2D eigenvalue weighted by atomic mass is 16.3. The summed E-state index contributed by atoms with van der Waals surface area (Å²) in [5.41, 5.74) is 3.37. The van der Waals surface area contributed by atoms with Crippen LogP contribution >= 0.6 is 0 Å². The lowest BCUT2D eigenvalue weighted by Crippen LogP contribution is -2.32. The quantitative estimate of drug-likeness (QED) is 0.666. The van der Waals surface area contributed by atoms with Gasteiger partial charge in [0.2, 0.25) is 0 Å². The lowest BCUT2D eigenvalue weighted by atomic mass is 9.92. The van der Waals surface area contributed by atoms with Crippen LogP contribution in [0.25, 0.3) is 0 Å². The van der Waals surface area contributed by atoms with E-state index in [9.17, 15) is 5.11 Å². The van der Waals surface area contributed by atoms with E-state index in [0.717, 1.165) is 13.1 Å². The van der Waals surface area contributed by atoms with E-state index in [2.05, 4.69) is 61.7 Å². The van der Waals surface area contributed by atoms with Crippen molar-refractivity contribution >= 4 is 12.0 Å². The minimum atomic E-state index is -0.693. The van der Waals surface area contributed by atoms with Gasteiger partial charge in [-0.2, -0.15) is 0 Å². The molecule has 1 aliphatic heterocycles. The van der Waals surface area contributed by atoms with Crippen molar-refractivity contribution in [3.8, 4) is 0 Å². The maximum Gasteiger partial charge on any atom is 0.131 e. The molecule has 1 aromatic rings. The number of benzene rings is 1. The summed E-state index contributed by atoms with van der Waals surface area (Å²) in [6.45, 7) is 15.1. The first-order valence-electron chi connectivity index (χ1n) is 8.33. The predicted octanol–water partition coefficient (Wildman–Crippen LogP) is 3.44. The zero-order valence-corrected chi connectivity index (χ0v) is 14.8. The fourth-order valence-corrected chi connectivity index (χ4v) is 3.06. The molecule has 22 heavy (non-hydrogen) atoms. The number of hydrogen-bond donors (Lipinski definition) is 1. The summed E-state index contributed by atoms with van der Waals surface area (Å²) in [6.07, 6.45) is 3.46. The van der Waals surface area contributed by atoms with Gasteiger partial charge in [-0.3, -0.25) is 0 Å². The molecule has 122 valence electrons. The molecule has 0 saturated carbocycles. The highest BCUT2D eigenvalue weighted by Crippen LogP contribution is 2.35. The van der Waals surface area contributed by atoms with Crippen molar-refractivity contribution in [2.45, 2.75) is 59.0 Å². The molecule has 0 aromatic heterocycles. The zero-order valence-electron chi connectivity index (χ0n) is 14.8. The van der Waals surface area contributed by atoms with Crippen molar-refractivity contribution in [2.75, 3.05) is 24.5 Å². The third-order valence-electron chi connectivity index (χ3n) is 4.05. The first-order valence-corrected chi connectivity index (χ1v) is 8.33. The first-order chi connectivity index (χ1) is 10.2. The van der Waals surface area contributed by atoms with Gasteiger partial charge in [-0.25, -0.2) is 0 Å². The second kappa shape index (κ2) is 6.41. The van der Waals surface area contributed by atoms with Crippen LogP contribution in [-0.2, 0) is 0 Å². The van der Waals surface area contributed by atoms with Gasteiger partial charge < -0.3 is 14.6 Å². The number of rotatable bonds is 5. The van der Waals surface area contributed by atoms with Gasteiger partial charge in [-0.15, -0.1) is 0 Å². The van der Waals surface area contributed by atoms with Crippen LogP contribution < -0.4 is 4.90 Å². The Bertz CT molecular complexity index is 527. The van der Waals surface area contributed by atoms with Crippen LogP contribution in [-0.4, -0.2) is 41.3 Å². The van der Waals surface area contributed by atoms with Crippen molar-refractivity contribution < 1.29 is 9.68 Å². The summed E-state index contributed by atoms with van der Waals surface area (Å²) in [4.78, 5) is 2.25. The summed E-state index contributed by atoms with van der Waals surface area (Å²) in [7, 11) is 0. The standard InChI is InChI=1S/C19H30N2O/c1-14(2)16-8-7-9-17(15(3)4)18(16)21-11-10-20(13-21)12-19(5,6)22/h7-9,14-15,22H,10-12H2,1-6H3. The van der Waals surface area contributed by atoms with E-state index in [1.165, 1.54) is 16.8 Å². The Balaban J connectivity index is 2.40.